The Balaban J connectivity index is 1.57. The summed E-state index contributed by atoms with van der Waals surface area (Å²) < 4.78 is 16.0. The number of methoxy groups -OCH3 is 3. The highest BCUT2D eigenvalue weighted by molar-refractivity contribution is 5.88. The zero-order valence-corrected chi connectivity index (χ0v) is 16.7. The van der Waals surface area contributed by atoms with E-state index in [1.807, 2.05) is 18.2 Å². The number of amides is 1. The predicted octanol–water partition coefficient (Wildman–Crippen LogP) is 2.87. The molecule has 1 fully saturated rings. The molecule has 2 unspecified atom stereocenters. The number of nitrogens with one attached hydrogen (secondary N) is 1. The van der Waals surface area contributed by atoms with E-state index < -0.39 is 5.97 Å². The van der Waals surface area contributed by atoms with Gasteiger partial charge in [-0.2, -0.15) is 0 Å². The third-order valence-corrected chi connectivity index (χ3v) is 5.19. The van der Waals surface area contributed by atoms with Crippen LogP contribution < -0.4 is 19.5 Å². The van der Waals surface area contributed by atoms with Gasteiger partial charge in [0.15, 0.2) is 0 Å². The molecule has 2 N–H and O–H groups in total. The summed E-state index contributed by atoms with van der Waals surface area (Å²) in [5.74, 6) is 1.02. The Bertz CT molecular complexity index is 910. The lowest BCUT2D eigenvalue weighted by Crippen LogP contribution is -2.27. The molecule has 2 aromatic carbocycles. The minimum Gasteiger partial charge on any atom is -0.497 e. The zero-order valence-electron chi connectivity index (χ0n) is 16.7. The Labute approximate surface area is 169 Å². The number of hydrogen-bond donors (Lipinski definition) is 2. The van der Waals surface area contributed by atoms with E-state index in [-0.39, 0.29) is 23.3 Å². The lowest BCUT2D eigenvalue weighted by Gasteiger charge is -2.11. The Morgan fingerprint density at radius 2 is 1.79 bits per heavy atom. The van der Waals surface area contributed by atoms with Crippen LogP contribution in [-0.4, -0.2) is 44.9 Å². The number of benzene rings is 2. The molecule has 2 aromatic rings. The molecule has 1 amide bonds. The van der Waals surface area contributed by atoms with E-state index in [0.29, 0.717) is 18.7 Å². The van der Waals surface area contributed by atoms with Gasteiger partial charge in [-0.25, -0.2) is 4.79 Å². The van der Waals surface area contributed by atoms with Crippen LogP contribution in [0.3, 0.4) is 0 Å². The number of hydrogen-bond acceptors (Lipinski definition) is 5. The Morgan fingerprint density at radius 3 is 2.45 bits per heavy atom. The van der Waals surface area contributed by atoms with Crippen LogP contribution in [0.4, 0.5) is 0 Å². The molecule has 0 aliphatic heterocycles. The van der Waals surface area contributed by atoms with E-state index in [4.69, 9.17) is 19.3 Å². The SMILES string of the molecule is COc1ccc(OC)c(C2CC2C(=O)NCCc2ccc(C(=O)O)cc2OC)c1. The molecule has 2 atom stereocenters. The van der Waals surface area contributed by atoms with Crippen molar-refractivity contribution in [2.24, 2.45) is 5.92 Å². The molecule has 7 heteroatoms. The highest BCUT2D eigenvalue weighted by atomic mass is 16.5. The molecule has 0 heterocycles. The van der Waals surface area contributed by atoms with E-state index in [9.17, 15) is 9.59 Å². The molecule has 1 aliphatic rings. The van der Waals surface area contributed by atoms with Gasteiger partial charge in [0, 0.05) is 23.9 Å². The number of ether oxygens (including phenoxy) is 3. The molecule has 0 saturated heterocycles. The average molecular weight is 399 g/mol. The van der Waals surface area contributed by atoms with Crippen LogP contribution in [0.5, 0.6) is 17.2 Å². The molecule has 1 aliphatic carbocycles. The Hall–Kier alpha value is -3.22. The van der Waals surface area contributed by atoms with Gasteiger partial charge in [-0.05, 0) is 48.7 Å². The van der Waals surface area contributed by atoms with Crippen molar-refractivity contribution in [3.05, 3.63) is 53.1 Å². The smallest absolute Gasteiger partial charge is 0.335 e. The summed E-state index contributed by atoms with van der Waals surface area (Å²) in [5.41, 5.74) is 2.00. The molecular formula is C22H25NO6. The summed E-state index contributed by atoms with van der Waals surface area (Å²) in [6.07, 6.45) is 1.32. The first-order valence-electron chi connectivity index (χ1n) is 9.38. The maximum atomic E-state index is 12.5. The van der Waals surface area contributed by atoms with E-state index in [2.05, 4.69) is 5.32 Å². The largest absolute Gasteiger partial charge is 0.497 e. The van der Waals surface area contributed by atoms with Gasteiger partial charge >= 0.3 is 5.97 Å². The molecule has 29 heavy (non-hydrogen) atoms. The highest BCUT2D eigenvalue weighted by Crippen LogP contribution is 2.51. The van der Waals surface area contributed by atoms with Gasteiger partial charge in [0.05, 0.1) is 26.9 Å². The quantitative estimate of drug-likeness (QED) is 0.673. The second kappa shape index (κ2) is 8.86. The third kappa shape index (κ3) is 4.62. The third-order valence-electron chi connectivity index (χ3n) is 5.19. The van der Waals surface area contributed by atoms with Crippen LogP contribution in [0.25, 0.3) is 0 Å². The summed E-state index contributed by atoms with van der Waals surface area (Å²) in [6, 6.07) is 10.4. The molecule has 1 saturated carbocycles. The van der Waals surface area contributed by atoms with Crippen LogP contribution in [0.1, 0.15) is 33.8 Å². The van der Waals surface area contributed by atoms with E-state index in [1.165, 1.54) is 19.2 Å². The summed E-state index contributed by atoms with van der Waals surface area (Å²) in [5, 5.41) is 12.0. The summed E-state index contributed by atoms with van der Waals surface area (Å²) in [6.45, 7) is 0.445. The van der Waals surface area contributed by atoms with Gasteiger partial charge in [-0.1, -0.05) is 6.07 Å². The summed E-state index contributed by atoms with van der Waals surface area (Å²) in [4.78, 5) is 23.6. The normalized spacial score (nSPS) is 17.3. The van der Waals surface area contributed by atoms with Crippen LogP contribution in [0, 0.1) is 5.92 Å². The monoisotopic (exact) mass is 399 g/mol. The van der Waals surface area contributed by atoms with Crippen LogP contribution in [-0.2, 0) is 11.2 Å². The highest BCUT2D eigenvalue weighted by Gasteiger charge is 2.45. The molecule has 0 spiro atoms. The first-order chi connectivity index (χ1) is 14.0. The maximum absolute atomic E-state index is 12.5. The predicted molar refractivity (Wildman–Crippen MR) is 107 cm³/mol. The summed E-state index contributed by atoms with van der Waals surface area (Å²) in [7, 11) is 4.73. The average Bonchev–Trinajstić information content (AvgIpc) is 3.54. The lowest BCUT2D eigenvalue weighted by molar-refractivity contribution is -0.122. The van der Waals surface area contributed by atoms with Crippen LogP contribution in [0.15, 0.2) is 36.4 Å². The maximum Gasteiger partial charge on any atom is 0.335 e. The second-order valence-electron chi connectivity index (χ2n) is 6.93. The first kappa shape index (κ1) is 20.5. The minimum atomic E-state index is -1.00. The first-order valence-corrected chi connectivity index (χ1v) is 9.38. The van der Waals surface area contributed by atoms with Gasteiger partial charge in [-0.15, -0.1) is 0 Å². The molecular weight excluding hydrogens is 374 g/mol. The minimum absolute atomic E-state index is 0.000922. The van der Waals surface area contributed by atoms with E-state index >= 15 is 0 Å². The van der Waals surface area contributed by atoms with Crippen molar-refractivity contribution in [3.63, 3.8) is 0 Å². The number of carbonyl (C=O) groups is 2. The number of rotatable bonds is 9. The van der Waals surface area contributed by atoms with Crippen LogP contribution >= 0.6 is 0 Å². The van der Waals surface area contributed by atoms with E-state index in [1.54, 1.807) is 20.3 Å². The van der Waals surface area contributed by atoms with Gasteiger partial charge in [0.1, 0.15) is 17.2 Å². The molecule has 0 aromatic heterocycles. The zero-order chi connectivity index (χ0) is 21.0. The van der Waals surface area contributed by atoms with Crippen molar-refractivity contribution in [1.82, 2.24) is 5.32 Å². The van der Waals surface area contributed by atoms with Gasteiger partial charge in [0.2, 0.25) is 5.91 Å². The summed E-state index contributed by atoms with van der Waals surface area (Å²) >= 11 is 0. The standard InChI is InChI=1S/C22H25NO6/c1-27-15-6-7-19(28-2)17(11-15)16-12-18(16)21(24)23-9-8-13-4-5-14(22(25)26)10-20(13)29-3/h4-7,10-11,16,18H,8-9,12H2,1-3H3,(H,23,24)(H,25,26). The molecule has 7 nitrogen and oxygen atoms in total. The van der Waals surface area contributed by atoms with Crippen molar-refractivity contribution in [2.45, 2.75) is 18.8 Å². The topological polar surface area (TPSA) is 94.1 Å². The van der Waals surface area contributed by atoms with Gasteiger partial charge in [0.25, 0.3) is 0 Å². The van der Waals surface area contributed by atoms with Gasteiger partial charge < -0.3 is 24.6 Å². The number of carboxylic acids is 1. The molecule has 3 rings (SSSR count). The lowest BCUT2D eigenvalue weighted by atomic mass is 10.1. The molecule has 154 valence electrons. The van der Waals surface area contributed by atoms with Crippen molar-refractivity contribution in [3.8, 4) is 17.2 Å². The number of aromatic carboxylic acids is 1. The van der Waals surface area contributed by atoms with Crippen LogP contribution in [0.2, 0.25) is 0 Å². The van der Waals surface area contributed by atoms with Crippen molar-refractivity contribution < 1.29 is 28.9 Å². The Kier molecular flexibility index (Phi) is 6.26. The van der Waals surface area contributed by atoms with Crippen molar-refractivity contribution in [2.75, 3.05) is 27.9 Å². The second-order valence-corrected chi connectivity index (χ2v) is 6.93. The number of carboxylic acid groups (broad SMARTS) is 1. The number of carbonyl (C=O) groups excluding carboxylic acids is 1. The van der Waals surface area contributed by atoms with Crippen molar-refractivity contribution >= 4 is 11.9 Å². The molecule has 0 bridgehead atoms. The Morgan fingerprint density at radius 1 is 1.03 bits per heavy atom. The fourth-order valence-corrected chi connectivity index (χ4v) is 3.49. The fourth-order valence-electron chi connectivity index (χ4n) is 3.49. The van der Waals surface area contributed by atoms with Crippen molar-refractivity contribution in [1.29, 1.82) is 0 Å². The molecule has 0 radical (unpaired) electrons. The van der Waals surface area contributed by atoms with Gasteiger partial charge in [-0.3, -0.25) is 4.79 Å². The fraction of sp³-hybridized carbons (Fsp3) is 0.364. The van der Waals surface area contributed by atoms with E-state index in [0.717, 1.165) is 29.0 Å².